The number of hydrogen-bond donors (Lipinski definition) is 2. The number of carbonyl (C=O) groups is 2. The summed E-state index contributed by atoms with van der Waals surface area (Å²) < 4.78 is 25.0. The third kappa shape index (κ3) is 6.60. The minimum atomic E-state index is -3.02. The topological polar surface area (TPSA) is 128 Å². The van der Waals surface area contributed by atoms with Gasteiger partial charge in [0, 0.05) is 45.1 Å². The van der Waals surface area contributed by atoms with Gasteiger partial charge in [0.05, 0.1) is 5.75 Å². The first-order valence-electron chi connectivity index (χ1n) is 7.31. The molecule has 24 heavy (non-hydrogen) atoms. The first-order valence-corrected chi connectivity index (χ1v) is 8.92. The van der Waals surface area contributed by atoms with Gasteiger partial charge in [-0.1, -0.05) is 6.07 Å². The Morgan fingerprint density at radius 3 is 2.17 bits per heavy atom. The first-order chi connectivity index (χ1) is 11.3. The van der Waals surface area contributed by atoms with Gasteiger partial charge in [-0.05, 0) is 18.6 Å². The van der Waals surface area contributed by atoms with Crippen LogP contribution in [0.3, 0.4) is 0 Å². The Morgan fingerprint density at radius 1 is 1.17 bits per heavy atom. The molecule has 0 saturated carbocycles. The van der Waals surface area contributed by atoms with E-state index in [0.29, 0.717) is 13.1 Å². The van der Waals surface area contributed by atoms with Crippen molar-refractivity contribution < 1.29 is 28.2 Å². The highest BCUT2D eigenvalue weighted by molar-refractivity contribution is 7.89. The molecule has 0 aliphatic carbocycles. The Labute approximate surface area is 140 Å². The highest BCUT2D eigenvalue weighted by Crippen LogP contribution is 2.10. The zero-order valence-corrected chi connectivity index (χ0v) is 14.1. The molecular formula is C14H21N3O6S. The van der Waals surface area contributed by atoms with Gasteiger partial charge in [-0.3, -0.25) is 9.88 Å². The summed E-state index contributed by atoms with van der Waals surface area (Å²) >= 11 is 0. The van der Waals surface area contributed by atoms with E-state index in [1.54, 1.807) is 17.4 Å². The van der Waals surface area contributed by atoms with Crippen LogP contribution in [0.5, 0.6) is 0 Å². The summed E-state index contributed by atoms with van der Waals surface area (Å²) in [4.78, 5) is 24.5. The van der Waals surface area contributed by atoms with Gasteiger partial charge in [0.1, 0.15) is 0 Å². The Morgan fingerprint density at radius 2 is 1.75 bits per heavy atom. The lowest BCUT2D eigenvalue weighted by atomic mass is 10.2. The molecule has 1 fully saturated rings. The van der Waals surface area contributed by atoms with E-state index in [2.05, 4.69) is 9.88 Å². The Kier molecular flexibility index (Phi) is 7.75. The van der Waals surface area contributed by atoms with Crippen LogP contribution < -0.4 is 0 Å². The second-order valence-electron chi connectivity index (χ2n) is 5.05. The molecule has 9 nitrogen and oxygen atoms in total. The van der Waals surface area contributed by atoms with Gasteiger partial charge in [-0.15, -0.1) is 0 Å². The van der Waals surface area contributed by atoms with E-state index in [1.807, 2.05) is 18.3 Å². The normalized spacial score (nSPS) is 16.0. The minimum absolute atomic E-state index is 0.190. The number of aromatic nitrogens is 1. The largest absolute Gasteiger partial charge is 0.473 e. The molecule has 0 amide bonds. The number of sulfonamides is 1. The maximum atomic E-state index is 11.7. The summed E-state index contributed by atoms with van der Waals surface area (Å²) in [5.41, 5.74) is 1.17. The van der Waals surface area contributed by atoms with Gasteiger partial charge in [-0.25, -0.2) is 18.0 Å². The molecule has 1 aromatic heterocycles. The zero-order valence-electron chi connectivity index (χ0n) is 13.3. The van der Waals surface area contributed by atoms with E-state index >= 15 is 0 Å². The van der Waals surface area contributed by atoms with Crippen LogP contribution in [0, 0.1) is 0 Å². The summed E-state index contributed by atoms with van der Waals surface area (Å²) in [6.45, 7) is 5.29. The fourth-order valence-corrected chi connectivity index (χ4v) is 3.18. The molecule has 0 aromatic carbocycles. The van der Waals surface area contributed by atoms with Crippen LogP contribution in [0.1, 0.15) is 12.5 Å². The summed E-state index contributed by atoms with van der Waals surface area (Å²) in [7, 11) is -3.02. The Bertz CT molecular complexity index is 630. The number of pyridine rings is 1. The molecule has 1 aromatic rings. The van der Waals surface area contributed by atoms with E-state index in [9.17, 15) is 8.42 Å². The monoisotopic (exact) mass is 359 g/mol. The molecule has 0 atom stereocenters. The fraction of sp³-hybridized carbons (Fsp3) is 0.500. The van der Waals surface area contributed by atoms with Crippen LogP contribution in [0.25, 0.3) is 0 Å². The molecule has 0 radical (unpaired) electrons. The lowest BCUT2D eigenvalue weighted by Gasteiger charge is -2.33. The summed E-state index contributed by atoms with van der Waals surface area (Å²) in [6.07, 6.45) is 3.62. The lowest BCUT2D eigenvalue weighted by molar-refractivity contribution is -0.159. The zero-order chi connectivity index (χ0) is 18.2. The predicted octanol–water partition coefficient (Wildman–Crippen LogP) is -0.295. The second-order valence-corrected chi connectivity index (χ2v) is 7.30. The van der Waals surface area contributed by atoms with Crippen LogP contribution >= 0.6 is 0 Å². The molecule has 1 saturated heterocycles. The molecule has 0 unspecified atom stereocenters. The summed E-state index contributed by atoms with van der Waals surface area (Å²) in [5.74, 6) is -3.46. The standard InChI is InChI=1S/C12H19N3O2S.C2H2O4/c1-2-18(16,17)15-8-6-14(7-9-15)11-12-4-3-5-13-10-12;3-1(4)2(5)6/h3-5,10H,2,6-9,11H2,1H3;(H,3,4)(H,5,6). The number of piperazine rings is 1. The smallest absolute Gasteiger partial charge is 0.414 e. The minimum Gasteiger partial charge on any atom is -0.473 e. The van der Waals surface area contributed by atoms with Crippen LogP contribution in [0.15, 0.2) is 24.5 Å². The number of carboxylic acid groups (broad SMARTS) is 2. The van der Waals surface area contributed by atoms with Gasteiger partial charge >= 0.3 is 11.9 Å². The van der Waals surface area contributed by atoms with Crippen molar-refractivity contribution in [2.45, 2.75) is 13.5 Å². The van der Waals surface area contributed by atoms with Crippen molar-refractivity contribution in [3.8, 4) is 0 Å². The SMILES string of the molecule is CCS(=O)(=O)N1CCN(Cc2cccnc2)CC1.O=C(O)C(=O)O. The molecule has 2 heterocycles. The predicted molar refractivity (Wildman–Crippen MR) is 85.8 cm³/mol. The number of rotatable bonds is 4. The first kappa shape index (κ1) is 20.0. The molecular weight excluding hydrogens is 338 g/mol. The molecule has 2 N–H and O–H groups in total. The number of hydrogen-bond acceptors (Lipinski definition) is 6. The maximum absolute atomic E-state index is 11.7. The van der Waals surface area contributed by atoms with Crippen LogP contribution in [-0.2, 0) is 26.2 Å². The number of aliphatic carboxylic acids is 2. The second kappa shape index (κ2) is 9.30. The van der Waals surface area contributed by atoms with Crippen molar-refractivity contribution in [3.63, 3.8) is 0 Å². The van der Waals surface area contributed by atoms with Gasteiger partial charge < -0.3 is 10.2 Å². The van der Waals surface area contributed by atoms with Gasteiger partial charge in [0.15, 0.2) is 0 Å². The third-order valence-corrected chi connectivity index (χ3v) is 5.28. The summed E-state index contributed by atoms with van der Waals surface area (Å²) in [6, 6.07) is 3.97. The van der Waals surface area contributed by atoms with E-state index in [1.165, 1.54) is 5.56 Å². The Hall–Kier alpha value is -2.04. The average molecular weight is 359 g/mol. The molecule has 10 heteroatoms. The number of nitrogens with zero attached hydrogens (tertiary/aromatic N) is 3. The van der Waals surface area contributed by atoms with Crippen LogP contribution in [-0.4, -0.2) is 76.7 Å². The lowest BCUT2D eigenvalue weighted by Crippen LogP contribution is -2.48. The fourth-order valence-electron chi connectivity index (χ4n) is 2.10. The molecule has 0 spiro atoms. The highest BCUT2D eigenvalue weighted by Gasteiger charge is 2.25. The van der Waals surface area contributed by atoms with E-state index in [-0.39, 0.29) is 5.75 Å². The third-order valence-electron chi connectivity index (χ3n) is 3.40. The van der Waals surface area contributed by atoms with Crippen molar-refractivity contribution in [2.75, 3.05) is 31.9 Å². The van der Waals surface area contributed by atoms with Gasteiger partial charge in [-0.2, -0.15) is 4.31 Å². The van der Waals surface area contributed by atoms with E-state index in [0.717, 1.165) is 19.6 Å². The van der Waals surface area contributed by atoms with Crippen molar-refractivity contribution in [3.05, 3.63) is 30.1 Å². The van der Waals surface area contributed by atoms with E-state index in [4.69, 9.17) is 19.8 Å². The number of carboxylic acids is 2. The van der Waals surface area contributed by atoms with Crippen molar-refractivity contribution in [1.82, 2.24) is 14.2 Å². The van der Waals surface area contributed by atoms with Gasteiger partial charge in [0.25, 0.3) is 0 Å². The van der Waals surface area contributed by atoms with Crippen molar-refractivity contribution in [1.29, 1.82) is 0 Å². The molecule has 134 valence electrons. The molecule has 1 aliphatic rings. The average Bonchev–Trinajstić information content (AvgIpc) is 2.57. The molecule has 0 bridgehead atoms. The van der Waals surface area contributed by atoms with Crippen molar-refractivity contribution >= 4 is 22.0 Å². The van der Waals surface area contributed by atoms with E-state index < -0.39 is 22.0 Å². The molecule has 2 rings (SSSR count). The quantitative estimate of drug-likeness (QED) is 0.702. The molecule has 1 aliphatic heterocycles. The van der Waals surface area contributed by atoms with Crippen LogP contribution in [0.2, 0.25) is 0 Å². The Balaban J connectivity index is 0.000000413. The van der Waals surface area contributed by atoms with Crippen molar-refractivity contribution in [2.24, 2.45) is 0 Å². The highest BCUT2D eigenvalue weighted by atomic mass is 32.2. The van der Waals surface area contributed by atoms with Crippen LogP contribution in [0.4, 0.5) is 0 Å². The maximum Gasteiger partial charge on any atom is 0.414 e. The van der Waals surface area contributed by atoms with Gasteiger partial charge in [0.2, 0.25) is 10.0 Å². The summed E-state index contributed by atoms with van der Waals surface area (Å²) in [5, 5.41) is 14.8.